The lowest BCUT2D eigenvalue weighted by atomic mass is 10.1. The first-order valence-corrected chi connectivity index (χ1v) is 6.67. The van der Waals surface area contributed by atoms with Crippen LogP contribution >= 0.6 is 0 Å². The van der Waals surface area contributed by atoms with E-state index in [-0.39, 0.29) is 5.56 Å². The Bertz CT molecular complexity index is 436. The maximum Gasteiger partial charge on any atom is 0.268 e. The van der Waals surface area contributed by atoms with Crippen LogP contribution in [-0.4, -0.2) is 34.1 Å². The van der Waals surface area contributed by atoms with Gasteiger partial charge in [-0.05, 0) is 32.6 Å². The van der Waals surface area contributed by atoms with Crippen LogP contribution in [-0.2, 0) is 6.54 Å². The van der Waals surface area contributed by atoms with Gasteiger partial charge in [-0.15, -0.1) is 0 Å². The smallest absolute Gasteiger partial charge is 0.268 e. The standard InChI is InChI=1S/C13H21N3O2/c1-11(17)5-8-16-13(18)9-12(10-14-16)15-6-3-2-4-7-15/h9-11,17H,2-8H2,1H3. The lowest BCUT2D eigenvalue weighted by Gasteiger charge is -2.28. The predicted molar refractivity (Wildman–Crippen MR) is 70.9 cm³/mol. The van der Waals surface area contributed by atoms with Crippen molar-refractivity contribution >= 4 is 5.69 Å². The molecule has 1 aromatic rings. The lowest BCUT2D eigenvalue weighted by Crippen LogP contribution is -2.32. The molecule has 0 amide bonds. The predicted octanol–water partition coefficient (Wildman–Crippen LogP) is 1.00. The van der Waals surface area contributed by atoms with Gasteiger partial charge in [0.15, 0.2) is 0 Å². The molecule has 5 heteroatoms. The van der Waals surface area contributed by atoms with E-state index in [0.717, 1.165) is 18.8 Å². The first-order valence-electron chi connectivity index (χ1n) is 6.67. The first-order chi connectivity index (χ1) is 8.66. The highest BCUT2D eigenvalue weighted by molar-refractivity contribution is 5.43. The Morgan fingerprint density at radius 2 is 2.11 bits per heavy atom. The molecule has 1 unspecified atom stereocenters. The average Bonchev–Trinajstić information content (AvgIpc) is 2.38. The Balaban J connectivity index is 2.06. The zero-order chi connectivity index (χ0) is 13.0. The van der Waals surface area contributed by atoms with Crippen LogP contribution in [0.4, 0.5) is 5.69 Å². The zero-order valence-corrected chi connectivity index (χ0v) is 10.9. The van der Waals surface area contributed by atoms with Crippen molar-refractivity contribution in [3.63, 3.8) is 0 Å². The van der Waals surface area contributed by atoms with Gasteiger partial charge in [-0.1, -0.05) is 0 Å². The van der Waals surface area contributed by atoms with Crippen molar-refractivity contribution in [3.8, 4) is 0 Å². The normalized spacial score (nSPS) is 17.8. The second-order valence-corrected chi connectivity index (χ2v) is 4.96. The van der Waals surface area contributed by atoms with Crippen molar-refractivity contribution in [2.45, 2.75) is 45.3 Å². The first kappa shape index (κ1) is 13.1. The number of aromatic nitrogens is 2. The van der Waals surface area contributed by atoms with Crippen LogP contribution in [0.15, 0.2) is 17.1 Å². The summed E-state index contributed by atoms with van der Waals surface area (Å²) in [6, 6.07) is 1.65. The number of hydrogen-bond acceptors (Lipinski definition) is 4. The van der Waals surface area contributed by atoms with Gasteiger partial charge in [0.1, 0.15) is 0 Å². The number of anilines is 1. The summed E-state index contributed by atoms with van der Waals surface area (Å²) in [5, 5.41) is 13.4. The summed E-state index contributed by atoms with van der Waals surface area (Å²) < 4.78 is 1.42. The van der Waals surface area contributed by atoms with Crippen molar-refractivity contribution in [1.82, 2.24) is 9.78 Å². The van der Waals surface area contributed by atoms with Crippen LogP contribution in [0.3, 0.4) is 0 Å². The quantitative estimate of drug-likeness (QED) is 0.867. The van der Waals surface area contributed by atoms with Crippen LogP contribution in [0, 0.1) is 0 Å². The van der Waals surface area contributed by atoms with Gasteiger partial charge in [0, 0.05) is 25.7 Å². The Kier molecular flexibility index (Phi) is 4.36. The lowest BCUT2D eigenvalue weighted by molar-refractivity contribution is 0.175. The van der Waals surface area contributed by atoms with E-state index in [9.17, 15) is 9.90 Å². The maximum absolute atomic E-state index is 11.9. The summed E-state index contributed by atoms with van der Waals surface area (Å²) in [5.41, 5.74) is 0.840. The molecule has 1 N–H and O–H groups in total. The summed E-state index contributed by atoms with van der Waals surface area (Å²) in [4.78, 5) is 14.1. The van der Waals surface area contributed by atoms with Crippen LogP contribution in [0.1, 0.15) is 32.6 Å². The molecule has 18 heavy (non-hydrogen) atoms. The summed E-state index contributed by atoms with van der Waals surface area (Å²) in [6.45, 7) is 4.21. The van der Waals surface area contributed by atoms with E-state index < -0.39 is 6.10 Å². The van der Waals surface area contributed by atoms with E-state index in [1.165, 1.54) is 23.9 Å². The van der Waals surface area contributed by atoms with Crippen LogP contribution in [0.5, 0.6) is 0 Å². The monoisotopic (exact) mass is 251 g/mol. The number of hydrogen-bond donors (Lipinski definition) is 1. The molecule has 100 valence electrons. The van der Waals surface area contributed by atoms with Gasteiger partial charge in [0.2, 0.25) is 0 Å². The van der Waals surface area contributed by atoms with E-state index in [2.05, 4.69) is 10.00 Å². The molecule has 0 aromatic carbocycles. The number of aryl methyl sites for hydroxylation is 1. The highest BCUT2D eigenvalue weighted by atomic mass is 16.3. The highest BCUT2D eigenvalue weighted by Gasteiger charge is 2.12. The molecule has 2 heterocycles. The molecule has 0 radical (unpaired) electrons. The van der Waals surface area contributed by atoms with Gasteiger partial charge in [0.25, 0.3) is 5.56 Å². The molecular formula is C13H21N3O2. The van der Waals surface area contributed by atoms with Crippen molar-refractivity contribution in [2.24, 2.45) is 0 Å². The molecule has 1 fully saturated rings. The van der Waals surface area contributed by atoms with Crippen molar-refractivity contribution in [2.75, 3.05) is 18.0 Å². The van der Waals surface area contributed by atoms with Crippen LogP contribution < -0.4 is 10.5 Å². The van der Waals surface area contributed by atoms with Gasteiger partial charge in [-0.25, -0.2) is 4.68 Å². The van der Waals surface area contributed by atoms with Crippen molar-refractivity contribution in [1.29, 1.82) is 0 Å². The van der Waals surface area contributed by atoms with Gasteiger partial charge in [0.05, 0.1) is 18.0 Å². The molecule has 0 aliphatic carbocycles. The van der Waals surface area contributed by atoms with E-state index in [4.69, 9.17) is 0 Å². The van der Waals surface area contributed by atoms with Gasteiger partial charge < -0.3 is 10.0 Å². The third kappa shape index (κ3) is 3.32. The Morgan fingerprint density at radius 1 is 1.39 bits per heavy atom. The van der Waals surface area contributed by atoms with E-state index in [1.807, 2.05) is 0 Å². The van der Waals surface area contributed by atoms with E-state index >= 15 is 0 Å². The third-order valence-electron chi connectivity index (χ3n) is 3.34. The third-order valence-corrected chi connectivity index (χ3v) is 3.34. The van der Waals surface area contributed by atoms with E-state index in [0.29, 0.717) is 13.0 Å². The largest absolute Gasteiger partial charge is 0.393 e. The molecule has 0 spiro atoms. The fourth-order valence-corrected chi connectivity index (χ4v) is 2.23. The number of aliphatic hydroxyl groups is 1. The summed E-state index contributed by atoms with van der Waals surface area (Å²) in [5.74, 6) is 0. The molecular weight excluding hydrogens is 230 g/mol. The SMILES string of the molecule is CC(O)CCn1ncc(N2CCCCC2)cc1=O. The van der Waals surface area contributed by atoms with Crippen LogP contribution in [0.2, 0.25) is 0 Å². The minimum absolute atomic E-state index is 0.0845. The fraction of sp³-hybridized carbons (Fsp3) is 0.692. The topological polar surface area (TPSA) is 58.4 Å². The Labute approximate surface area is 107 Å². The van der Waals surface area contributed by atoms with E-state index in [1.54, 1.807) is 19.2 Å². The van der Waals surface area contributed by atoms with Crippen molar-refractivity contribution < 1.29 is 5.11 Å². The second-order valence-electron chi connectivity index (χ2n) is 4.96. The molecule has 0 bridgehead atoms. The molecule has 1 aromatic heterocycles. The van der Waals surface area contributed by atoms with Crippen LogP contribution in [0.25, 0.3) is 0 Å². The average molecular weight is 251 g/mol. The zero-order valence-electron chi connectivity index (χ0n) is 10.9. The maximum atomic E-state index is 11.9. The minimum Gasteiger partial charge on any atom is -0.393 e. The summed E-state index contributed by atoms with van der Waals surface area (Å²) in [6.07, 6.45) is 5.55. The van der Waals surface area contributed by atoms with Gasteiger partial charge >= 0.3 is 0 Å². The highest BCUT2D eigenvalue weighted by Crippen LogP contribution is 2.16. The Morgan fingerprint density at radius 3 is 2.72 bits per heavy atom. The number of piperidine rings is 1. The summed E-state index contributed by atoms with van der Waals surface area (Å²) >= 11 is 0. The molecule has 5 nitrogen and oxygen atoms in total. The Hall–Kier alpha value is -1.36. The minimum atomic E-state index is -0.402. The molecule has 1 aliphatic heterocycles. The van der Waals surface area contributed by atoms with Gasteiger partial charge in [-0.3, -0.25) is 4.79 Å². The molecule has 1 saturated heterocycles. The summed E-state index contributed by atoms with van der Waals surface area (Å²) in [7, 11) is 0. The molecule has 2 rings (SSSR count). The fourth-order valence-electron chi connectivity index (χ4n) is 2.23. The molecule has 1 atom stereocenters. The second kappa shape index (κ2) is 6.00. The number of rotatable bonds is 4. The van der Waals surface area contributed by atoms with Crippen molar-refractivity contribution in [3.05, 3.63) is 22.6 Å². The van der Waals surface area contributed by atoms with Gasteiger partial charge in [-0.2, -0.15) is 5.10 Å². The molecule has 1 aliphatic rings. The molecule has 0 saturated carbocycles. The number of aliphatic hydroxyl groups excluding tert-OH is 1. The number of nitrogens with zero attached hydrogens (tertiary/aromatic N) is 3.